The van der Waals surface area contributed by atoms with Crippen molar-refractivity contribution in [2.75, 3.05) is 4.90 Å². The van der Waals surface area contributed by atoms with Gasteiger partial charge in [0, 0.05) is 10.7 Å². The maximum absolute atomic E-state index is 13.9. The van der Waals surface area contributed by atoms with Crippen LogP contribution in [-0.4, -0.2) is 27.8 Å². The van der Waals surface area contributed by atoms with Crippen molar-refractivity contribution < 1.29 is 31.5 Å². The minimum atomic E-state index is -5.80. The van der Waals surface area contributed by atoms with E-state index >= 15 is 0 Å². The van der Waals surface area contributed by atoms with Gasteiger partial charge in [0.25, 0.3) is 11.8 Å². The Balaban J connectivity index is 1.76. The molecule has 0 atom stereocenters. The van der Waals surface area contributed by atoms with Crippen LogP contribution in [0.2, 0.25) is 0 Å². The van der Waals surface area contributed by atoms with Crippen LogP contribution in [0.15, 0.2) is 53.1 Å². The lowest BCUT2D eigenvalue weighted by molar-refractivity contribution is -0.291. The highest BCUT2D eigenvalue weighted by Crippen LogP contribution is 2.44. The number of nitrogens with zero attached hydrogens (tertiary/aromatic N) is 3. The lowest BCUT2D eigenvalue weighted by Gasteiger charge is -2.21. The summed E-state index contributed by atoms with van der Waals surface area (Å²) in [7, 11) is 0. The van der Waals surface area contributed by atoms with Gasteiger partial charge in [-0.05, 0) is 64.8 Å². The molecule has 2 aromatic carbocycles. The van der Waals surface area contributed by atoms with Gasteiger partial charge in [-0.1, -0.05) is 6.07 Å². The Kier molecular flexibility index (Phi) is 4.76. The first-order valence-corrected chi connectivity index (χ1v) is 9.52. The molecule has 0 spiro atoms. The van der Waals surface area contributed by atoms with E-state index in [9.17, 15) is 31.5 Å². The molecule has 31 heavy (non-hydrogen) atoms. The van der Waals surface area contributed by atoms with Gasteiger partial charge in [-0.25, -0.2) is 9.58 Å². The minimum absolute atomic E-state index is 0.0806. The first kappa shape index (κ1) is 21.2. The Morgan fingerprint density at radius 1 is 0.968 bits per heavy atom. The van der Waals surface area contributed by atoms with Crippen molar-refractivity contribution in [1.29, 1.82) is 0 Å². The van der Waals surface area contributed by atoms with Crippen LogP contribution in [0, 0.1) is 6.92 Å². The molecule has 1 aliphatic rings. The van der Waals surface area contributed by atoms with Crippen LogP contribution >= 0.6 is 15.9 Å². The molecule has 0 aliphatic carbocycles. The molecule has 2 heterocycles. The summed E-state index contributed by atoms with van der Waals surface area (Å²) in [6.45, 7) is 1.50. The molecule has 0 unspecified atom stereocenters. The number of benzene rings is 2. The van der Waals surface area contributed by atoms with Gasteiger partial charge in [-0.15, -0.1) is 0 Å². The summed E-state index contributed by atoms with van der Waals surface area (Å²) >= 11 is 3.24. The first-order valence-electron chi connectivity index (χ1n) is 8.72. The van der Waals surface area contributed by atoms with Crippen LogP contribution in [-0.2, 0) is 5.92 Å². The van der Waals surface area contributed by atoms with Gasteiger partial charge >= 0.3 is 12.1 Å². The number of alkyl halides is 5. The maximum Gasteiger partial charge on any atom is 0.459 e. The second kappa shape index (κ2) is 6.98. The number of carbonyl (C=O) groups excluding carboxylic acids is 2. The number of rotatable bonds is 3. The van der Waals surface area contributed by atoms with E-state index < -0.39 is 29.6 Å². The Morgan fingerprint density at radius 2 is 1.68 bits per heavy atom. The van der Waals surface area contributed by atoms with Gasteiger partial charge in [0.05, 0.1) is 22.5 Å². The van der Waals surface area contributed by atoms with Gasteiger partial charge in [0.2, 0.25) is 0 Å². The Hall–Kier alpha value is -3.08. The lowest BCUT2D eigenvalue weighted by Crippen LogP contribution is -2.35. The maximum atomic E-state index is 13.9. The fourth-order valence-corrected chi connectivity index (χ4v) is 3.91. The predicted molar refractivity (Wildman–Crippen MR) is 104 cm³/mol. The van der Waals surface area contributed by atoms with E-state index in [4.69, 9.17) is 0 Å². The summed E-state index contributed by atoms with van der Waals surface area (Å²) in [5.41, 5.74) is -0.560. The van der Waals surface area contributed by atoms with Crippen LogP contribution in [0.3, 0.4) is 0 Å². The molecule has 4 rings (SSSR count). The zero-order valence-corrected chi connectivity index (χ0v) is 17.1. The summed E-state index contributed by atoms with van der Waals surface area (Å²) in [6.07, 6.45) is -4.97. The summed E-state index contributed by atoms with van der Waals surface area (Å²) < 4.78 is 67.1. The summed E-state index contributed by atoms with van der Waals surface area (Å²) in [5, 5.41) is 3.59. The molecule has 1 aromatic heterocycles. The van der Waals surface area contributed by atoms with Crippen LogP contribution in [0.4, 0.5) is 27.6 Å². The van der Waals surface area contributed by atoms with Gasteiger partial charge in [-0.2, -0.15) is 27.1 Å². The second-order valence-corrected chi connectivity index (χ2v) is 7.63. The molecular weight excluding hydrogens is 489 g/mol. The number of halogens is 6. The average Bonchev–Trinajstić information content (AvgIpc) is 3.26. The highest BCUT2D eigenvalue weighted by Gasteiger charge is 2.60. The molecule has 0 saturated carbocycles. The Bertz CT molecular complexity index is 1240. The smallest absolute Gasteiger partial charge is 0.268 e. The zero-order valence-electron chi connectivity index (χ0n) is 15.5. The molecule has 2 amide bonds. The van der Waals surface area contributed by atoms with Crippen LogP contribution in [0.25, 0.3) is 5.69 Å². The third kappa shape index (κ3) is 3.14. The van der Waals surface area contributed by atoms with E-state index in [0.29, 0.717) is 20.8 Å². The number of imide groups is 1. The largest absolute Gasteiger partial charge is 0.459 e. The highest BCUT2D eigenvalue weighted by molar-refractivity contribution is 9.10. The second-order valence-electron chi connectivity index (χ2n) is 6.78. The minimum Gasteiger partial charge on any atom is -0.268 e. The van der Waals surface area contributed by atoms with Crippen molar-refractivity contribution in [2.24, 2.45) is 0 Å². The summed E-state index contributed by atoms with van der Waals surface area (Å²) in [5.74, 6) is -6.27. The number of aromatic nitrogens is 2. The molecular formula is C20H11BrF5N3O2. The van der Waals surface area contributed by atoms with Gasteiger partial charge < -0.3 is 0 Å². The van der Waals surface area contributed by atoms with Crippen LogP contribution in [0.5, 0.6) is 0 Å². The third-order valence-electron chi connectivity index (χ3n) is 4.85. The molecule has 11 heteroatoms. The van der Waals surface area contributed by atoms with Crippen molar-refractivity contribution in [3.63, 3.8) is 0 Å². The Morgan fingerprint density at radius 3 is 2.29 bits per heavy atom. The van der Waals surface area contributed by atoms with Crippen molar-refractivity contribution in [3.8, 4) is 5.69 Å². The zero-order chi connectivity index (χ0) is 22.7. The van der Waals surface area contributed by atoms with Gasteiger partial charge in [0.15, 0.2) is 0 Å². The standard InChI is InChI=1S/C20H11BrF5N3O2/c1-10-9-11(29-15(7-8-27-29)19(22,23)20(24,25)26)5-6-14(10)28-17(30)12-3-2-4-13(21)16(12)18(28)31/h2-9H,1H3. The predicted octanol–water partition coefficient (Wildman–Crippen LogP) is 5.40. The fraction of sp³-hybridized carbons (Fsp3) is 0.150. The van der Waals surface area contributed by atoms with Crippen molar-refractivity contribution in [2.45, 2.75) is 19.0 Å². The topological polar surface area (TPSA) is 55.2 Å². The molecule has 3 aromatic rings. The van der Waals surface area contributed by atoms with E-state index in [1.165, 1.54) is 31.2 Å². The van der Waals surface area contributed by atoms with Crippen molar-refractivity contribution in [3.05, 3.63) is 75.5 Å². The molecule has 0 radical (unpaired) electrons. The summed E-state index contributed by atoms with van der Waals surface area (Å²) in [6, 6.07) is 9.09. The molecule has 1 aliphatic heterocycles. The highest BCUT2D eigenvalue weighted by atomic mass is 79.9. The molecule has 0 N–H and O–H groups in total. The van der Waals surface area contributed by atoms with E-state index in [-0.39, 0.29) is 22.5 Å². The normalized spacial score (nSPS) is 14.4. The lowest BCUT2D eigenvalue weighted by atomic mass is 10.1. The number of aryl methyl sites for hydroxylation is 1. The summed E-state index contributed by atoms with van der Waals surface area (Å²) in [4.78, 5) is 26.5. The van der Waals surface area contributed by atoms with Crippen molar-refractivity contribution >= 4 is 33.4 Å². The number of anilines is 1. The van der Waals surface area contributed by atoms with Crippen molar-refractivity contribution in [1.82, 2.24) is 9.78 Å². The average molecular weight is 500 g/mol. The molecule has 0 bridgehead atoms. The first-order chi connectivity index (χ1) is 14.4. The number of hydrogen-bond donors (Lipinski definition) is 0. The molecule has 0 saturated heterocycles. The quantitative estimate of drug-likeness (QED) is 0.358. The SMILES string of the molecule is Cc1cc(-n2nccc2C(F)(F)C(F)(F)F)ccc1N1C(=O)c2cccc(Br)c2C1=O. The molecule has 0 fully saturated rings. The number of carbonyl (C=O) groups is 2. The monoisotopic (exact) mass is 499 g/mol. The van der Waals surface area contributed by atoms with Crippen LogP contribution < -0.4 is 4.90 Å². The van der Waals surface area contributed by atoms with E-state index in [1.807, 2.05) is 0 Å². The number of amides is 2. The Labute approximate surface area is 180 Å². The third-order valence-corrected chi connectivity index (χ3v) is 5.51. The number of fused-ring (bicyclic) bond motifs is 1. The van der Waals surface area contributed by atoms with E-state index in [1.54, 1.807) is 12.1 Å². The fourth-order valence-electron chi connectivity index (χ4n) is 3.38. The molecule has 5 nitrogen and oxygen atoms in total. The van der Waals surface area contributed by atoms with Gasteiger partial charge in [0.1, 0.15) is 5.69 Å². The van der Waals surface area contributed by atoms with E-state index in [2.05, 4.69) is 21.0 Å². The number of hydrogen-bond acceptors (Lipinski definition) is 3. The molecule has 160 valence electrons. The van der Waals surface area contributed by atoms with E-state index in [0.717, 1.165) is 11.1 Å². The van der Waals surface area contributed by atoms with Gasteiger partial charge in [-0.3, -0.25) is 9.59 Å². The van der Waals surface area contributed by atoms with Crippen LogP contribution in [0.1, 0.15) is 32.0 Å².